The van der Waals surface area contributed by atoms with Crippen LogP contribution in [0.4, 0.5) is 4.39 Å². The Hall–Kier alpha value is -3.65. The Balaban J connectivity index is 1.54. The Morgan fingerprint density at radius 2 is 1.97 bits per heavy atom. The summed E-state index contributed by atoms with van der Waals surface area (Å²) in [5.74, 6) is 0.127. The van der Waals surface area contributed by atoms with Gasteiger partial charge in [0, 0.05) is 5.56 Å². The Bertz CT molecular complexity index is 1290. The summed E-state index contributed by atoms with van der Waals surface area (Å²) in [6, 6.07) is 14.6. The Kier molecular flexibility index (Phi) is 4.48. The van der Waals surface area contributed by atoms with E-state index < -0.39 is 11.7 Å². The number of rotatable bonds is 4. The molecule has 0 spiro atoms. The minimum atomic E-state index is -0.592. The van der Waals surface area contributed by atoms with E-state index in [1.807, 2.05) is 12.1 Å². The summed E-state index contributed by atoms with van der Waals surface area (Å²) >= 11 is 6.07. The molecule has 2 aromatic heterocycles. The van der Waals surface area contributed by atoms with Crippen molar-refractivity contribution in [2.45, 2.75) is 6.54 Å². The fraction of sp³-hybridized carbons (Fsp3) is 0.0952. The molecule has 0 radical (unpaired) electrons. The van der Waals surface area contributed by atoms with Crippen molar-refractivity contribution in [2.24, 2.45) is 0 Å². The van der Waals surface area contributed by atoms with Crippen molar-refractivity contribution < 1.29 is 18.7 Å². The molecule has 0 unspecified atom stereocenters. The zero-order valence-corrected chi connectivity index (χ0v) is 16.2. The summed E-state index contributed by atoms with van der Waals surface area (Å²) in [7, 11) is 0. The number of ether oxygens (including phenoxy) is 2. The minimum absolute atomic E-state index is 0.0399. The van der Waals surface area contributed by atoms with Crippen molar-refractivity contribution in [1.29, 1.82) is 0 Å². The number of fused-ring (bicyclic) bond motifs is 2. The second kappa shape index (κ2) is 7.31. The van der Waals surface area contributed by atoms with Crippen LogP contribution in [0.2, 0.25) is 5.15 Å². The van der Waals surface area contributed by atoms with Crippen LogP contribution in [0.25, 0.3) is 16.9 Å². The number of imidazole rings is 1. The molecule has 0 aliphatic carbocycles. The first-order valence-electron chi connectivity index (χ1n) is 9.07. The van der Waals surface area contributed by atoms with Gasteiger partial charge in [-0.25, -0.2) is 13.9 Å². The van der Waals surface area contributed by atoms with Crippen LogP contribution in [-0.4, -0.2) is 27.3 Å². The van der Waals surface area contributed by atoms with Crippen molar-refractivity contribution >= 4 is 23.2 Å². The van der Waals surface area contributed by atoms with Gasteiger partial charge in [0.05, 0.1) is 23.5 Å². The van der Waals surface area contributed by atoms with Gasteiger partial charge in [-0.2, -0.15) is 5.10 Å². The maximum atomic E-state index is 13.9. The standard InChI is InChI=1S/C21H14ClFN4O3/c22-18-7-8-19-25-20(12-5-6-16-17(9-12)30-11-29-16)15(27(19)26-18)10-24-21(28)13-3-1-2-4-14(13)23/h1-9H,10-11H2,(H,24,28). The number of benzene rings is 2. The molecule has 1 aliphatic rings. The first-order chi connectivity index (χ1) is 14.6. The Morgan fingerprint density at radius 3 is 2.83 bits per heavy atom. The van der Waals surface area contributed by atoms with E-state index in [0.717, 1.165) is 5.56 Å². The van der Waals surface area contributed by atoms with E-state index in [1.165, 1.54) is 18.2 Å². The molecule has 0 bridgehead atoms. The van der Waals surface area contributed by atoms with Crippen LogP contribution in [0, 0.1) is 5.82 Å². The van der Waals surface area contributed by atoms with Crippen LogP contribution in [0.1, 0.15) is 16.1 Å². The first kappa shape index (κ1) is 18.4. The maximum Gasteiger partial charge on any atom is 0.254 e. The number of aromatic nitrogens is 3. The molecular weight excluding hydrogens is 411 g/mol. The lowest BCUT2D eigenvalue weighted by molar-refractivity contribution is 0.0946. The first-order valence-corrected chi connectivity index (χ1v) is 9.45. The van der Waals surface area contributed by atoms with E-state index in [4.69, 9.17) is 21.1 Å². The normalized spacial score (nSPS) is 12.3. The van der Waals surface area contributed by atoms with Crippen LogP contribution < -0.4 is 14.8 Å². The van der Waals surface area contributed by atoms with Crippen LogP contribution in [0.15, 0.2) is 54.6 Å². The van der Waals surface area contributed by atoms with Gasteiger partial charge in [0.15, 0.2) is 17.1 Å². The molecule has 2 aromatic carbocycles. The monoisotopic (exact) mass is 424 g/mol. The topological polar surface area (TPSA) is 77.8 Å². The average Bonchev–Trinajstić information content (AvgIpc) is 3.36. The molecule has 1 aliphatic heterocycles. The number of nitrogens with zero attached hydrogens (tertiary/aromatic N) is 3. The molecule has 1 amide bonds. The third-order valence-electron chi connectivity index (χ3n) is 4.72. The number of carbonyl (C=O) groups excluding carboxylic acids is 1. The highest BCUT2D eigenvalue weighted by molar-refractivity contribution is 6.29. The zero-order valence-electron chi connectivity index (χ0n) is 15.4. The number of amides is 1. The van der Waals surface area contributed by atoms with Crippen LogP contribution in [0.3, 0.4) is 0 Å². The smallest absolute Gasteiger partial charge is 0.254 e. The van der Waals surface area contributed by atoms with Crippen molar-refractivity contribution in [3.05, 3.63) is 76.8 Å². The second-order valence-electron chi connectivity index (χ2n) is 6.56. The molecule has 0 saturated carbocycles. The summed E-state index contributed by atoms with van der Waals surface area (Å²) < 4.78 is 26.3. The molecule has 4 aromatic rings. The molecular formula is C21H14ClFN4O3. The number of carbonyl (C=O) groups is 1. The maximum absolute atomic E-state index is 13.9. The highest BCUT2D eigenvalue weighted by Gasteiger charge is 2.20. The van der Waals surface area contributed by atoms with Crippen molar-refractivity contribution in [1.82, 2.24) is 19.9 Å². The van der Waals surface area contributed by atoms with Crippen LogP contribution in [0.5, 0.6) is 11.5 Å². The van der Waals surface area contributed by atoms with Gasteiger partial charge in [-0.05, 0) is 42.5 Å². The molecule has 0 saturated heterocycles. The van der Waals surface area contributed by atoms with E-state index >= 15 is 0 Å². The summed E-state index contributed by atoms with van der Waals surface area (Å²) in [4.78, 5) is 17.1. The average molecular weight is 425 g/mol. The fourth-order valence-electron chi connectivity index (χ4n) is 3.29. The van der Waals surface area contributed by atoms with Gasteiger partial charge in [-0.3, -0.25) is 4.79 Å². The van der Waals surface area contributed by atoms with Gasteiger partial charge in [0.1, 0.15) is 11.0 Å². The number of hydrogen-bond donors (Lipinski definition) is 1. The summed E-state index contributed by atoms with van der Waals surface area (Å²) in [5, 5.41) is 7.31. The highest BCUT2D eigenvalue weighted by atomic mass is 35.5. The van der Waals surface area contributed by atoms with Crippen LogP contribution in [-0.2, 0) is 6.54 Å². The van der Waals surface area contributed by atoms with Gasteiger partial charge in [-0.1, -0.05) is 23.7 Å². The van der Waals surface area contributed by atoms with Crippen molar-refractivity contribution in [2.75, 3.05) is 6.79 Å². The third kappa shape index (κ3) is 3.21. The van der Waals surface area contributed by atoms with Crippen LogP contribution >= 0.6 is 11.6 Å². The SMILES string of the molecule is O=C(NCc1c(-c2ccc3c(c2)OCO3)nc2ccc(Cl)nn12)c1ccccc1F. The number of hydrogen-bond acceptors (Lipinski definition) is 5. The Labute approximate surface area is 175 Å². The minimum Gasteiger partial charge on any atom is -0.454 e. The lowest BCUT2D eigenvalue weighted by Crippen LogP contribution is -2.25. The van der Waals surface area contributed by atoms with E-state index in [0.29, 0.717) is 28.5 Å². The molecule has 150 valence electrons. The molecule has 1 N–H and O–H groups in total. The van der Waals surface area contributed by atoms with Crippen molar-refractivity contribution in [3.63, 3.8) is 0 Å². The lowest BCUT2D eigenvalue weighted by atomic mass is 10.1. The van der Waals surface area contributed by atoms with E-state index in [2.05, 4.69) is 15.4 Å². The number of halogens is 2. The van der Waals surface area contributed by atoms with Gasteiger partial charge in [-0.15, -0.1) is 0 Å². The third-order valence-corrected chi connectivity index (χ3v) is 4.92. The summed E-state index contributed by atoms with van der Waals surface area (Å²) in [5.41, 5.74) is 2.47. The lowest BCUT2D eigenvalue weighted by Gasteiger charge is -2.08. The molecule has 7 nitrogen and oxygen atoms in total. The number of nitrogens with one attached hydrogen (secondary N) is 1. The molecule has 5 rings (SSSR count). The molecule has 30 heavy (non-hydrogen) atoms. The van der Waals surface area contributed by atoms with E-state index in [-0.39, 0.29) is 24.1 Å². The van der Waals surface area contributed by atoms with E-state index in [9.17, 15) is 9.18 Å². The molecule has 9 heteroatoms. The van der Waals surface area contributed by atoms with Gasteiger partial charge < -0.3 is 14.8 Å². The van der Waals surface area contributed by atoms with Gasteiger partial charge in [0.2, 0.25) is 6.79 Å². The fourth-order valence-corrected chi connectivity index (χ4v) is 3.43. The van der Waals surface area contributed by atoms with E-state index in [1.54, 1.807) is 28.8 Å². The van der Waals surface area contributed by atoms with Gasteiger partial charge >= 0.3 is 0 Å². The van der Waals surface area contributed by atoms with Gasteiger partial charge in [0.25, 0.3) is 5.91 Å². The molecule has 0 fully saturated rings. The zero-order chi connectivity index (χ0) is 20.7. The highest BCUT2D eigenvalue weighted by Crippen LogP contribution is 2.36. The largest absolute Gasteiger partial charge is 0.454 e. The summed E-state index contributed by atoms with van der Waals surface area (Å²) in [6.07, 6.45) is 0. The predicted molar refractivity (Wildman–Crippen MR) is 107 cm³/mol. The molecule has 3 heterocycles. The summed E-state index contributed by atoms with van der Waals surface area (Å²) in [6.45, 7) is 0.220. The predicted octanol–water partition coefficient (Wildman–Crippen LogP) is 3.85. The Morgan fingerprint density at radius 1 is 1.13 bits per heavy atom. The second-order valence-corrected chi connectivity index (χ2v) is 6.95. The van der Waals surface area contributed by atoms with Crippen molar-refractivity contribution in [3.8, 4) is 22.8 Å². The molecule has 0 atom stereocenters. The quantitative estimate of drug-likeness (QED) is 0.538.